The van der Waals surface area contributed by atoms with Gasteiger partial charge in [0.25, 0.3) is 0 Å². The van der Waals surface area contributed by atoms with Gasteiger partial charge in [-0.25, -0.2) is 9.59 Å². The van der Waals surface area contributed by atoms with Gasteiger partial charge < -0.3 is 119 Å². The van der Waals surface area contributed by atoms with Crippen molar-refractivity contribution in [3.63, 3.8) is 0 Å². The molecule has 0 amide bonds. The van der Waals surface area contributed by atoms with Crippen molar-refractivity contribution in [1.82, 2.24) is 0 Å². The second kappa shape index (κ2) is 24.3. The van der Waals surface area contributed by atoms with E-state index in [0.717, 1.165) is 5.57 Å². The SMILES string of the molecule is C/C=C(\C)C(=O)OC[C@@]12[C@H](O)C[C@]3(C)C(=CC[C@@H]4[C@@]5(C)CC[C@H](O[C@@H]6O[C@H](C(=O)O)[C@@H](O)[C@H](O[C@@H]7O[C@H](CO)[C@H](O)[C@H](O)[C@H]7O[C@H]7O[C@@H](C)[C@H](O)[C@@H](O)[C@H]7O)[C@H]6O[C@@H]6O[C@H](CO)[C@@H](O)[C@H](O)[C@H]6O)C(C)(C)[C@@H]5CC[C@]43C)[C@@H]1CC(C)(C)[C@@H](O)[C@@H]2O. The van der Waals surface area contributed by atoms with E-state index in [0.29, 0.717) is 44.1 Å². The van der Waals surface area contributed by atoms with Crippen molar-refractivity contribution in [2.24, 2.45) is 50.2 Å². The molecule has 8 fully saturated rings. The summed E-state index contributed by atoms with van der Waals surface area (Å²) in [5.74, 6) is -2.91. The summed E-state index contributed by atoms with van der Waals surface area (Å²) in [4.78, 5) is 26.4. The Morgan fingerprint density at radius 3 is 1.80 bits per heavy atom. The number of hydrogen-bond donors (Lipinski definition) is 15. The number of carboxylic acids is 1. The molecule has 4 heterocycles. The van der Waals surface area contributed by atoms with Crippen LogP contribution in [0.3, 0.4) is 0 Å². The zero-order chi connectivity index (χ0) is 62.7. The first-order valence-corrected chi connectivity index (χ1v) is 30.0. The number of aliphatic hydroxyl groups excluding tert-OH is 14. The number of aliphatic carboxylic acids is 1. The van der Waals surface area contributed by atoms with Crippen LogP contribution in [0.1, 0.15) is 114 Å². The predicted octanol–water partition coefficient (Wildman–Crippen LogP) is -2.01. The molecule has 26 nitrogen and oxygen atoms in total. The predicted molar refractivity (Wildman–Crippen MR) is 289 cm³/mol. The summed E-state index contributed by atoms with van der Waals surface area (Å²) in [5.41, 5.74) is -3.12. The molecule has 0 aromatic rings. The van der Waals surface area contributed by atoms with Gasteiger partial charge in [0, 0.05) is 5.57 Å². The first kappa shape index (κ1) is 66.9. The highest BCUT2D eigenvalue weighted by Crippen LogP contribution is 2.76. The molecule has 85 heavy (non-hydrogen) atoms. The van der Waals surface area contributed by atoms with Gasteiger partial charge in [-0.15, -0.1) is 0 Å². The Kier molecular flexibility index (Phi) is 19.1. The number of carbonyl (C=O) groups excluding carboxylic acids is 1. The normalized spacial score (nSPS) is 52.4. The third-order valence-electron chi connectivity index (χ3n) is 22.7. The highest BCUT2D eigenvalue weighted by atomic mass is 16.8. The average molecular weight is 1220 g/mol. The molecule has 0 aromatic heterocycles. The number of fused-ring (bicyclic) bond motifs is 7. The zero-order valence-electron chi connectivity index (χ0n) is 50.0. The van der Waals surface area contributed by atoms with Crippen molar-refractivity contribution >= 4 is 11.9 Å². The van der Waals surface area contributed by atoms with Gasteiger partial charge in [-0.3, -0.25) is 0 Å². The molecular weight excluding hydrogens is 1120 g/mol. The van der Waals surface area contributed by atoms with Crippen molar-refractivity contribution < 1.29 is 129 Å². The molecule has 4 aliphatic heterocycles. The van der Waals surface area contributed by atoms with Gasteiger partial charge in [-0.1, -0.05) is 66.2 Å². The fourth-order valence-corrected chi connectivity index (χ4v) is 17.2. The molecule has 0 bridgehead atoms. The summed E-state index contributed by atoms with van der Waals surface area (Å²) >= 11 is 0. The lowest BCUT2D eigenvalue weighted by Crippen LogP contribution is -2.72. The lowest BCUT2D eigenvalue weighted by molar-refractivity contribution is -0.406. The van der Waals surface area contributed by atoms with Gasteiger partial charge >= 0.3 is 11.9 Å². The summed E-state index contributed by atoms with van der Waals surface area (Å²) < 4.78 is 55.0. The van der Waals surface area contributed by atoms with Crippen LogP contribution >= 0.6 is 0 Å². The summed E-state index contributed by atoms with van der Waals surface area (Å²) in [6, 6.07) is 0. The number of esters is 1. The van der Waals surface area contributed by atoms with Crippen LogP contribution in [-0.2, 0) is 52.2 Å². The van der Waals surface area contributed by atoms with Crippen LogP contribution in [0.2, 0.25) is 0 Å². The van der Waals surface area contributed by atoms with Crippen LogP contribution in [-0.4, -0.2) is 256 Å². The van der Waals surface area contributed by atoms with Gasteiger partial charge in [-0.05, 0) is 111 Å². The van der Waals surface area contributed by atoms with E-state index in [2.05, 4.69) is 26.8 Å². The minimum atomic E-state index is -2.28. The van der Waals surface area contributed by atoms with E-state index in [1.807, 2.05) is 27.7 Å². The summed E-state index contributed by atoms with van der Waals surface area (Å²) in [6.07, 6.45) is -35.4. The maximum atomic E-state index is 13.2. The molecule has 4 saturated carbocycles. The molecule has 9 rings (SSSR count). The second-order valence-electron chi connectivity index (χ2n) is 27.9. The van der Waals surface area contributed by atoms with E-state index in [-0.39, 0.29) is 24.9 Å². The van der Waals surface area contributed by atoms with Crippen molar-refractivity contribution in [3.8, 4) is 0 Å². The average Bonchev–Trinajstić information content (AvgIpc) is 0.677. The van der Waals surface area contributed by atoms with Crippen LogP contribution in [0, 0.1) is 50.2 Å². The maximum Gasteiger partial charge on any atom is 0.335 e. The van der Waals surface area contributed by atoms with Crippen LogP contribution in [0.25, 0.3) is 0 Å². The van der Waals surface area contributed by atoms with Crippen LogP contribution in [0.15, 0.2) is 23.3 Å². The molecule has 5 aliphatic carbocycles. The number of allylic oxidation sites excluding steroid dienone is 3. The van der Waals surface area contributed by atoms with Crippen molar-refractivity contribution in [1.29, 1.82) is 0 Å². The number of rotatable bonds is 14. The molecule has 9 aliphatic rings. The quantitative estimate of drug-likeness (QED) is 0.0387. The standard InChI is InChI=1S/C59H94O26/c1-11-23(2)49(76)77-22-59-26(18-54(4,5)46(72)47(59)73)25-12-13-30-56(8)16-15-32(55(6,7)29(56)14-17-57(30,9)58(25,10)19-31(59)62)81-53-45(85-51-40(70)37(67)34(64)27(20-60)79-51)42(41(71)43(83-53)48(74)75)82-52-44(38(68)35(65)28(21-61)80-52)84-50-39(69)36(66)33(63)24(3)78-50/h11-12,24,26-47,50-53,60-73H,13-22H2,1-10H3,(H,74,75)/b23-11+/t24-,26-,27+,28+,29-,30+,31+,32-,33-,34+,35-,36+,37-,38-,39+,40+,41-,42-,43-,44+,45+,46-,47-,50+,51-,52-,53+,56-,57+,58+,59-/m0/s1. The maximum absolute atomic E-state index is 13.2. The molecule has 31 atom stereocenters. The third kappa shape index (κ3) is 10.9. The van der Waals surface area contributed by atoms with E-state index in [1.165, 1.54) is 6.92 Å². The number of carbonyl (C=O) groups is 2. The lowest BCUT2D eigenvalue weighted by Gasteiger charge is -2.72. The number of hydrogen-bond acceptors (Lipinski definition) is 25. The van der Waals surface area contributed by atoms with Crippen molar-refractivity contribution in [3.05, 3.63) is 23.3 Å². The number of carboxylic acid groups (broad SMARTS) is 1. The fraction of sp³-hybridized carbons (Fsp3) is 0.898. The molecular formula is C59H94O26. The first-order valence-electron chi connectivity index (χ1n) is 30.0. The van der Waals surface area contributed by atoms with E-state index in [1.54, 1.807) is 19.9 Å². The minimum Gasteiger partial charge on any atom is -0.479 e. The Morgan fingerprint density at radius 1 is 0.624 bits per heavy atom. The molecule has 15 N–H and O–H groups in total. The monoisotopic (exact) mass is 1220 g/mol. The van der Waals surface area contributed by atoms with E-state index in [9.17, 15) is 86.2 Å². The first-order chi connectivity index (χ1) is 39.6. The third-order valence-corrected chi connectivity index (χ3v) is 22.7. The van der Waals surface area contributed by atoms with Gasteiger partial charge in [0.15, 0.2) is 31.3 Å². The molecule has 26 heteroatoms. The Hall–Kier alpha value is -2.46. The van der Waals surface area contributed by atoms with E-state index in [4.69, 9.17) is 42.6 Å². The minimum absolute atomic E-state index is 0.00818. The van der Waals surface area contributed by atoms with E-state index < -0.39 is 211 Å². The molecule has 0 unspecified atom stereocenters. The van der Waals surface area contributed by atoms with Gasteiger partial charge in [0.2, 0.25) is 0 Å². The molecule has 0 aromatic carbocycles. The topological polar surface area (TPSA) is 421 Å². The molecule has 0 spiro atoms. The van der Waals surface area contributed by atoms with Crippen LogP contribution < -0.4 is 0 Å². The smallest absolute Gasteiger partial charge is 0.335 e. The zero-order valence-corrected chi connectivity index (χ0v) is 50.0. The molecule has 4 saturated heterocycles. The Morgan fingerprint density at radius 2 is 1.19 bits per heavy atom. The number of ether oxygens (including phenoxy) is 9. The Labute approximate surface area is 494 Å². The highest BCUT2D eigenvalue weighted by molar-refractivity contribution is 5.87. The van der Waals surface area contributed by atoms with Crippen molar-refractivity contribution in [2.75, 3.05) is 19.8 Å². The second-order valence-corrected chi connectivity index (χ2v) is 27.9. The van der Waals surface area contributed by atoms with E-state index >= 15 is 0 Å². The highest BCUT2D eigenvalue weighted by Gasteiger charge is 2.73. The number of aliphatic hydroxyl groups is 14. The Balaban J connectivity index is 1.05. The molecule has 0 radical (unpaired) electrons. The van der Waals surface area contributed by atoms with Crippen LogP contribution in [0.4, 0.5) is 0 Å². The largest absolute Gasteiger partial charge is 0.479 e. The van der Waals surface area contributed by atoms with Crippen molar-refractivity contribution in [2.45, 2.75) is 261 Å². The van der Waals surface area contributed by atoms with Gasteiger partial charge in [-0.2, -0.15) is 0 Å². The van der Waals surface area contributed by atoms with Gasteiger partial charge in [0.05, 0.1) is 49.1 Å². The summed E-state index contributed by atoms with van der Waals surface area (Å²) in [6.45, 7) is 17.1. The lowest BCUT2D eigenvalue weighted by atomic mass is 9.33. The van der Waals surface area contributed by atoms with Crippen LogP contribution in [0.5, 0.6) is 0 Å². The molecule has 486 valence electrons. The summed E-state index contributed by atoms with van der Waals surface area (Å²) in [5, 5.41) is 168. The fourth-order valence-electron chi connectivity index (χ4n) is 17.2. The summed E-state index contributed by atoms with van der Waals surface area (Å²) in [7, 11) is 0. The Bertz CT molecular complexity index is 2460. The van der Waals surface area contributed by atoms with Gasteiger partial charge in [0.1, 0.15) is 92.1 Å².